The van der Waals surface area contributed by atoms with Crippen molar-refractivity contribution in [3.05, 3.63) is 23.8 Å². The van der Waals surface area contributed by atoms with Gasteiger partial charge in [0.15, 0.2) is 5.13 Å². The molecule has 1 aromatic heterocycles. The summed E-state index contributed by atoms with van der Waals surface area (Å²) >= 11 is 1.40. The Morgan fingerprint density at radius 3 is 2.70 bits per heavy atom. The monoisotopic (exact) mass is 356 g/mol. The quantitative estimate of drug-likeness (QED) is 0.763. The van der Waals surface area contributed by atoms with Crippen molar-refractivity contribution in [3.8, 4) is 0 Å². The molecule has 0 fully saturated rings. The number of nitrogens with two attached hydrogens (primary N) is 1. The zero-order valence-electron chi connectivity index (χ0n) is 13.3. The molecular formula is C15H21ClN4O2S. The summed E-state index contributed by atoms with van der Waals surface area (Å²) in [5, 5.41) is 5.74. The molecule has 2 aromatic rings. The number of nitrogens with zero attached hydrogens (tertiary/aromatic N) is 1. The summed E-state index contributed by atoms with van der Waals surface area (Å²) < 4.78 is 1.01. The summed E-state index contributed by atoms with van der Waals surface area (Å²) in [7, 11) is 0. The standard InChI is InChI=1S/C15H20N4O2S.ClH/c1-8(2)13(16)14(21)17-7-12(20)19-15-18-10-5-4-9(3)6-11(10)22-15;/h4-6,8,13H,7,16H2,1-3H3,(H,17,21)(H,18,19,20);1H/t13-;/m0./s1. The average Bonchev–Trinajstić information content (AvgIpc) is 2.84. The smallest absolute Gasteiger partial charge is 0.245 e. The molecule has 0 aliphatic heterocycles. The number of aromatic nitrogens is 1. The van der Waals surface area contributed by atoms with E-state index in [1.165, 1.54) is 11.3 Å². The van der Waals surface area contributed by atoms with E-state index in [2.05, 4.69) is 15.6 Å². The second kappa shape index (κ2) is 8.24. The lowest BCUT2D eigenvalue weighted by molar-refractivity contribution is -0.125. The number of fused-ring (bicyclic) bond motifs is 1. The molecule has 0 radical (unpaired) electrons. The van der Waals surface area contributed by atoms with E-state index in [0.29, 0.717) is 5.13 Å². The molecule has 0 unspecified atom stereocenters. The van der Waals surface area contributed by atoms with Gasteiger partial charge in [0.05, 0.1) is 22.8 Å². The molecule has 0 bridgehead atoms. The Morgan fingerprint density at radius 2 is 2.04 bits per heavy atom. The summed E-state index contributed by atoms with van der Waals surface area (Å²) in [5.74, 6) is -0.624. The number of rotatable bonds is 5. The number of thiazole rings is 1. The van der Waals surface area contributed by atoms with Crippen molar-refractivity contribution >= 4 is 50.9 Å². The number of amides is 2. The lowest BCUT2D eigenvalue weighted by Crippen LogP contribution is -2.46. The minimum absolute atomic E-state index is 0. The van der Waals surface area contributed by atoms with Crippen LogP contribution < -0.4 is 16.4 Å². The molecular weight excluding hydrogens is 336 g/mol. The Balaban J connectivity index is 0.00000264. The zero-order chi connectivity index (χ0) is 16.3. The summed E-state index contributed by atoms with van der Waals surface area (Å²) in [6.07, 6.45) is 0. The minimum Gasteiger partial charge on any atom is -0.346 e. The van der Waals surface area contributed by atoms with E-state index >= 15 is 0 Å². The molecule has 23 heavy (non-hydrogen) atoms. The third-order valence-corrected chi connectivity index (χ3v) is 4.17. The van der Waals surface area contributed by atoms with Gasteiger partial charge in [0.2, 0.25) is 11.8 Å². The number of aryl methyl sites for hydroxylation is 1. The summed E-state index contributed by atoms with van der Waals surface area (Å²) in [6.45, 7) is 5.60. The first-order chi connectivity index (χ1) is 10.4. The number of benzene rings is 1. The van der Waals surface area contributed by atoms with E-state index in [1.807, 2.05) is 39.0 Å². The molecule has 1 heterocycles. The summed E-state index contributed by atoms with van der Waals surface area (Å²) in [4.78, 5) is 27.9. The first-order valence-corrected chi connectivity index (χ1v) is 7.89. The van der Waals surface area contributed by atoms with Crippen molar-refractivity contribution < 1.29 is 9.59 Å². The van der Waals surface area contributed by atoms with Crippen LogP contribution in [0.15, 0.2) is 18.2 Å². The maximum absolute atomic E-state index is 11.9. The van der Waals surface area contributed by atoms with Crippen LogP contribution >= 0.6 is 23.7 Å². The van der Waals surface area contributed by atoms with Crippen molar-refractivity contribution in [2.24, 2.45) is 11.7 Å². The number of carbonyl (C=O) groups is 2. The van der Waals surface area contributed by atoms with E-state index in [1.54, 1.807) is 0 Å². The van der Waals surface area contributed by atoms with Gasteiger partial charge < -0.3 is 16.4 Å². The number of hydrogen-bond acceptors (Lipinski definition) is 5. The molecule has 126 valence electrons. The van der Waals surface area contributed by atoms with Gasteiger partial charge in [-0.05, 0) is 30.5 Å². The van der Waals surface area contributed by atoms with E-state index < -0.39 is 6.04 Å². The molecule has 2 rings (SSSR count). The van der Waals surface area contributed by atoms with Gasteiger partial charge in [0.1, 0.15) is 0 Å². The molecule has 6 nitrogen and oxygen atoms in total. The Hall–Kier alpha value is -1.70. The van der Waals surface area contributed by atoms with Gasteiger partial charge in [-0.15, -0.1) is 12.4 Å². The van der Waals surface area contributed by atoms with Crippen LogP contribution in [-0.4, -0.2) is 29.4 Å². The highest BCUT2D eigenvalue weighted by atomic mass is 35.5. The van der Waals surface area contributed by atoms with Crippen LogP contribution in [0.25, 0.3) is 10.2 Å². The number of nitrogens with one attached hydrogen (secondary N) is 2. The van der Waals surface area contributed by atoms with E-state index in [0.717, 1.165) is 15.8 Å². The predicted molar refractivity (Wildman–Crippen MR) is 96.1 cm³/mol. The Bertz CT molecular complexity index is 702. The van der Waals surface area contributed by atoms with Crippen molar-refractivity contribution in [1.29, 1.82) is 0 Å². The normalized spacial score (nSPS) is 11.9. The van der Waals surface area contributed by atoms with Gasteiger partial charge in [-0.1, -0.05) is 31.3 Å². The van der Waals surface area contributed by atoms with Gasteiger partial charge >= 0.3 is 0 Å². The van der Waals surface area contributed by atoms with Gasteiger partial charge in [0.25, 0.3) is 0 Å². The lowest BCUT2D eigenvalue weighted by Gasteiger charge is -2.14. The van der Waals surface area contributed by atoms with Crippen LogP contribution in [0.4, 0.5) is 5.13 Å². The lowest BCUT2D eigenvalue weighted by atomic mass is 10.1. The van der Waals surface area contributed by atoms with Crippen LogP contribution in [0.1, 0.15) is 19.4 Å². The summed E-state index contributed by atoms with van der Waals surface area (Å²) in [6, 6.07) is 5.30. The predicted octanol–water partition coefficient (Wildman–Crippen LogP) is 2.06. The van der Waals surface area contributed by atoms with E-state index in [9.17, 15) is 9.59 Å². The molecule has 0 saturated heterocycles. The van der Waals surface area contributed by atoms with Crippen molar-refractivity contribution in [2.75, 3.05) is 11.9 Å². The molecule has 1 atom stereocenters. The highest BCUT2D eigenvalue weighted by Gasteiger charge is 2.17. The minimum atomic E-state index is -0.613. The Labute approximate surface area is 145 Å². The zero-order valence-corrected chi connectivity index (χ0v) is 14.9. The van der Waals surface area contributed by atoms with Crippen LogP contribution in [0.5, 0.6) is 0 Å². The highest BCUT2D eigenvalue weighted by molar-refractivity contribution is 7.22. The molecule has 0 saturated carbocycles. The highest BCUT2D eigenvalue weighted by Crippen LogP contribution is 2.26. The van der Waals surface area contributed by atoms with Crippen LogP contribution in [0.2, 0.25) is 0 Å². The molecule has 4 N–H and O–H groups in total. The molecule has 0 spiro atoms. The Kier molecular flexibility index (Phi) is 6.93. The fourth-order valence-electron chi connectivity index (χ4n) is 1.84. The molecule has 1 aromatic carbocycles. The number of carbonyl (C=O) groups excluding carboxylic acids is 2. The van der Waals surface area contributed by atoms with Crippen molar-refractivity contribution in [2.45, 2.75) is 26.8 Å². The number of hydrogen-bond donors (Lipinski definition) is 3. The fourth-order valence-corrected chi connectivity index (χ4v) is 2.82. The second-order valence-corrected chi connectivity index (χ2v) is 6.56. The van der Waals surface area contributed by atoms with Crippen LogP contribution in [0, 0.1) is 12.8 Å². The first kappa shape index (κ1) is 19.3. The van der Waals surface area contributed by atoms with Crippen molar-refractivity contribution in [1.82, 2.24) is 10.3 Å². The molecule has 8 heteroatoms. The fraction of sp³-hybridized carbons (Fsp3) is 0.400. The third kappa shape index (κ3) is 5.16. The first-order valence-electron chi connectivity index (χ1n) is 7.07. The van der Waals surface area contributed by atoms with Gasteiger partial charge in [-0.3, -0.25) is 9.59 Å². The molecule has 2 amide bonds. The second-order valence-electron chi connectivity index (χ2n) is 5.53. The van der Waals surface area contributed by atoms with E-state index in [-0.39, 0.29) is 36.7 Å². The van der Waals surface area contributed by atoms with Crippen molar-refractivity contribution in [3.63, 3.8) is 0 Å². The van der Waals surface area contributed by atoms with Gasteiger partial charge in [-0.25, -0.2) is 4.98 Å². The molecule has 0 aliphatic carbocycles. The average molecular weight is 357 g/mol. The third-order valence-electron chi connectivity index (χ3n) is 3.23. The van der Waals surface area contributed by atoms with Crippen LogP contribution in [-0.2, 0) is 9.59 Å². The maximum atomic E-state index is 11.9. The topological polar surface area (TPSA) is 97.1 Å². The van der Waals surface area contributed by atoms with Crippen LogP contribution in [0.3, 0.4) is 0 Å². The Morgan fingerprint density at radius 1 is 1.35 bits per heavy atom. The molecule has 0 aliphatic rings. The summed E-state index contributed by atoms with van der Waals surface area (Å²) in [5.41, 5.74) is 7.70. The number of anilines is 1. The maximum Gasteiger partial charge on any atom is 0.245 e. The number of halogens is 1. The van der Waals surface area contributed by atoms with E-state index in [4.69, 9.17) is 5.73 Å². The van der Waals surface area contributed by atoms with Gasteiger partial charge in [-0.2, -0.15) is 0 Å². The largest absolute Gasteiger partial charge is 0.346 e. The SMILES string of the molecule is Cc1ccc2nc(NC(=O)CNC(=O)[C@@H](N)C(C)C)sc2c1.Cl. The van der Waals surface area contributed by atoms with Gasteiger partial charge in [0, 0.05) is 0 Å².